The highest BCUT2D eigenvalue weighted by Gasteiger charge is 2.07. The van der Waals surface area contributed by atoms with E-state index in [1.165, 1.54) is 12.2 Å². The second-order valence-electron chi connectivity index (χ2n) is 1.76. The van der Waals surface area contributed by atoms with Crippen molar-refractivity contribution in [2.75, 3.05) is 5.75 Å². The number of rotatable bonds is 0. The molecule has 1 aliphatic heterocycles. The lowest BCUT2D eigenvalue weighted by Gasteiger charge is -1.98. The maximum atomic E-state index is 10.6. The van der Waals surface area contributed by atoms with Gasteiger partial charge in [0.2, 0.25) is 0 Å². The predicted molar refractivity (Wildman–Crippen MR) is 33.6 cm³/mol. The fourth-order valence-electron chi connectivity index (χ4n) is 0.499. The van der Waals surface area contributed by atoms with Crippen LogP contribution in [0.5, 0.6) is 0 Å². The van der Waals surface area contributed by atoms with Crippen molar-refractivity contribution in [2.45, 2.75) is 0 Å². The van der Waals surface area contributed by atoms with Crippen molar-refractivity contribution in [3.63, 3.8) is 0 Å². The summed E-state index contributed by atoms with van der Waals surface area (Å²) in [5.41, 5.74) is 0. The van der Waals surface area contributed by atoms with Gasteiger partial charge < -0.3 is 5.11 Å². The average Bonchev–Trinajstić information content (AvgIpc) is 1.78. The Labute approximate surface area is 53.2 Å². The topological polar surface area (TPSA) is 54.4 Å². The van der Waals surface area contributed by atoms with Gasteiger partial charge in [0, 0.05) is 5.41 Å². The number of aliphatic hydroxyl groups is 1. The van der Waals surface area contributed by atoms with Gasteiger partial charge in [0.1, 0.15) is 5.76 Å². The quantitative estimate of drug-likeness (QED) is 0.537. The standard InChI is InChI=1S/C5H6O3S/c6-5-1-3-9(7,8)4-2-5/h1-3,6H,4H2. The van der Waals surface area contributed by atoms with Gasteiger partial charge >= 0.3 is 0 Å². The first-order valence-electron chi connectivity index (χ1n) is 2.40. The van der Waals surface area contributed by atoms with E-state index < -0.39 is 9.84 Å². The van der Waals surface area contributed by atoms with Crippen molar-refractivity contribution < 1.29 is 13.5 Å². The van der Waals surface area contributed by atoms with Crippen LogP contribution in [0.1, 0.15) is 0 Å². The molecule has 3 nitrogen and oxygen atoms in total. The Hall–Kier alpha value is -0.770. The van der Waals surface area contributed by atoms with E-state index in [0.717, 1.165) is 5.41 Å². The van der Waals surface area contributed by atoms with Gasteiger partial charge in [0.15, 0.2) is 9.84 Å². The average molecular weight is 146 g/mol. The second kappa shape index (κ2) is 1.88. The third kappa shape index (κ3) is 1.57. The molecule has 0 spiro atoms. The lowest BCUT2D eigenvalue weighted by atomic mass is 10.4. The number of hydrogen-bond acceptors (Lipinski definition) is 3. The van der Waals surface area contributed by atoms with E-state index in [2.05, 4.69) is 0 Å². The van der Waals surface area contributed by atoms with Gasteiger partial charge in [-0.2, -0.15) is 0 Å². The van der Waals surface area contributed by atoms with Gasteiger partial charge in [-0.3, -0.25) is 0 Å². The number of allylic oxidation sites excluding steroid dienone is 1. The Balaban J connectivity index is 2.95. The summed E-state index contributed by atoms with van der Waals surface area (Å²) >= 11 is 0. The highest BCUT2D eigenvalue weighted by molar-refractivity contribution is 7.94. The minimum absolute atomic E-state index is 0.0184. The third-order valence-corrected chi connectivity index (χ3v) is 2.15. The van der Waals surface area contributed by atoms with Crippen LogP contribution in [0.2, 0.25) is 0 Å². The third-order valence-electron chi connectivity index (χ3n) is 0.971. The van der Waals surface area contributed by atoms with E-state index in [1.807, 2.05) is 0 Å². The van der Waals surface area contributed by atoms with Crippen LogP contribution in [0.3, 0.4) is 0 Å². The van der Waals surface area contributed by atoms with Crippen molar-refractivity contribution in [1.82, 2.24) is 0 Å². The van der Waals surface area contributed by atoms with Crippen molar-refractivity contribution in [3.05, 3.63) is 23.3 Å². The van der Waals surface area contributed by atoms with Crippen molar-refractivity contribution in [2.24, 2.45) is 0 Å². The number of hydrogen-bond donors (Lipinski definition) is 1. The summed E-state index contributed by atoms with van der Waals surface area (Å²) in [7, 11) is -3.03. The molecule has 0 saturated carbocycles. The highest BCUT2D eigenvalue weighted by atomic mass is 32.2. The van der Waals surface area contributed by atoms with Crippen LogP contribution in [0.15, 0.2) is 23.3 Å². The van der Waals surface area contributed by atoms with Crippen molar-refractivity contribution >= 4 is 9.84 Å². The summed E-state index contributed by atoms with van der Waals surface area (Å²) in [4.78, 5) is 0. The van der Waals surface area contributed by atoms with Crippen LogP contribution in [0.4, 0.5) is 0 Å². The van der Waals surface area contributed by atoms with Gasteiger partial charge in [-0.1, -0.05) is 0 Å². The molecular weight excluding hydrogens is 140 g/mol. The molecule has 0 unspecified atom stereocenters. The number of sulfone groups is 1. The van der Waals surface area contributed by atoms with E-state index in [4.69, 9.17) is 5.11 Å². The first kappa shape index (κ1) is 6.35. The van der Waals surface area contributed by atoms with E-state index in [0.29, 0.717) is 0 Å². The van der Waals surface area contributed by atoms with Crippen LogP contribution < -0.4 is 0 Å². The Morgan fingerprint density at radius 3 is 2.56 bits per heavy atom. The molecule has 0 aromatic heterocycles. The van der Waals surface area contributed by atoms with Gasteiger partial charge in [-0.15, -0.1) is 0 Å². The highest BCUT2D eigenvalue weighted by Crippen LogP contribution is 2.04. The van der Waals surface area contributed by atoms with Crippen molar-refractivity contribution in [3.8, 4) is 0 Å². The molecule has 0 atom stereocenters. The molecule has 9 heavy (non-hydrogen) atoms. The summed E-state index contributed by atoms with van der Waals surface area (Å²) in [6.45, 7) is 0. The van der Waals surface area contributed by atoms with Gasteiger partial charge in [-0.05, 0) is 12.2 Å². The molecule has 0 fully saturated rings. The lowest BCUT2D eigenvalue weighted by molar-refractivity contribution is 0.430. The van der Waals surface area contributed by atoms with Crippen LogP contribution >= 0.6 is 0 Å². The molecule has 1 aliphatic rings. The molecule has 1 rings (SSSR count). The van der Waals surface area contributed by atoms with E-state index in [9.17, 15) is 8.42 Å². The zero-order valence-electron chi connectivity index (χ0n) is 4.61. The molecule has 0 aromatic rings. The first-order valence-corrected chi connectivity index (χ1v) is 4.12. The zero-order valence-corrected chi connectivity index (χ0v) is 5.43. The molecule has 0 radical (unpaired) electrons. The lowest BCUT2D eigenvalue weighted by Crippen LogP contribution is -2.03. The van der Waals surface area contributed by atoms with Crippen LogP contribution in [-0.4, -0.2) is 19.3 Å². The molecule has 4 heteroatoms. The Morgan fingerprint density at radius 1 is 1.56 bits per heavy atom. The minimum atomic E-state index is -3.03. The van der Waals surface area contributed by atoms with E-state index in [-0.39, 0.29) is 11.5 Å². The zero-order chi connectivity index (χ0) is 6.91. The summed E-state index contributed by atoms with van der Waals surface area (Å²) in [5.74, 6) is -0.0696. The van der Waals surface area contributed by atoms with Gasteiger partial charge in [-0.25, -0.2) is 8.42 Å². The van der Waals surface area contributed by atoms with Crippen LogP contribution in [0.25, 0.3) is 0 Å². The Bertz CT molecular complexity index is 258. The fraction of sp³-hybridized carbons (Fsp3) is 0.200. The molecule has 50 valence electrons. The summed E-state index contributed by atoms with van der Waals surface area (Å²) in [6, 6.07) is 0. The van der Waals surface area contributed by atoms with E-state index >= 15 is 0 Å². The maximum absolute atomic E-state index is 10.6. The first-order chi connectivity index (χ1) is 4.10. The molecule has 1 N–H and O–H groups in total. The maximum Gasteiger partial charge on any atom is 0.175 e. The fourth-order valence-corrected chi connectivity index (χ4v) is 1.36. The van der Waals surface area contributed by atoms with E-state index in [1.54, 1.807) is 0 Å². The molecule has 0 amide bonds. The van der Waals surface area contributed by atoms with Gasteiger partial charge in [0.05, 0.1) is 5.75 Å². The SMILES string of the molecule is O=S1(=O)C=CC(O)=CC1. The Kier molecular flexibility index (Phi) is 1.32. The van der Waals surface area contributed by atoms with Crippen LogP contribution in [-0.2, 0) is 9.84 Å². The van der Waals surface area contributed by atoms with Crippen molar-refractivity contribution in [1.29, 1.82) is 0 Å². The molecule has 0 aliphatic carbocycles. The van der Waals surface area contributed by atoms with Crippen LogP contribution in [0, 0.1) is 0 Å². The molecular formula is C5H6O3S. The molecule has 0 aromatic carbocycles. The van der Waals surface area contributed by atoms with Gasteiger partial charge in [0.25, 0.3) is 0 Å². The smallest absolute Gasteiger partial charge is 0.175 e. The number of aliphatic hydroxyl groups excluding tert-OH is 1. The summed E-state index contributed by atoms with van der Waals surface area (Å²) in [5, 5.41) is 9.65. The summed E-state index contributed by atoms with van der Waals surface area (Å²) < 4.78 is 21.1. The second-order valence-corrected chi connectivity index (χ2v) is 3.69. The molecule has 0 saturated heterocycles. The molecule has 0 bridgehead atoms. The minimum Gasteiger partial charge on any atom is -0.508 e. The summed E-state index contributed by atoms with van der Waals surface area (Å²) in [6.07, 6.45) is 2.42. The molecule has 1 heterocycles. The predicted octanol–water partition coefficient (Wildman–Crippen LogP) is 0.370. The monoisotopic (exact) mass is 146 g/mol. The normalized spacial score (nSPS) is 23.3. The largest absolute Gasteiger partial charge is 0.508 e. The Morgan fingerprint density at radius 2 is 2.22 bits per heavy atom.